The van der Waals surface area contributed by atoms with Crippen molar-refractivity contribution < 1.29 is 9.13 Å². The van der Waals surface area contributed by atoms with Crippen LogP contribution in [0.2, 0.25) is 0 Å². The summed E-state index contributed by atoms with van der Waals surface area (Å²) in [7, 11) is 1.64. The van der Waals surface area contributed by atoms with Crippen molar-refractivity contribution in [3.05, 3.63) is 70.4 Å². The van der Waals surface area contributed by atoms with Gasteiger partial charge >= 0.3 is 0 Å². The maximum absolute atomic E-state index is 13.1. The molecule has 1 N–H and O–H groups in total. The minimum absolute atomic E-state index is 0.274. The standard InChI is InChI=1S/C22H17FN6OS2/c1-13-28-29-19(20(26-22(29)32-13)15-5-9-17(30-2)10-6-15)11-24-27-21-25-18(12-31-21)14-3-7-16(23)8-4-14/h3-12H,1-2H3,(H,25,27)/b24-11+. The van der Waals surface area contributed by atoms with Crippen LogP contribution >= 0.6 is 22.7 Å². The zero-order valence-electron chi connectivity index (χ0n) is 17.1. The van der Waals surface area contributed by atoms with Gasteiger partial charge in [0.1, 0.15) is 28.0 Å². The maximum atomic E-state index is 13.1. The van der Waals surface area contributed by atoms with Crippen molar-refractivity contribution in [3.63, 3.8) is 0 Å². The first-order valence-corrected chi connectivity index (χ1v) is 11.3. The molecule has 7 nitrogen and oxygen atoms in total. The van der Waals surface area contributed by atoms with Crippen LogP contribution in [0.4, 0.5) is 9.52 Å². The van der Waals surface area contributed by atoms with Gasteiger partial charge in [0.15, 0.2) is 0 Å². The van der Waals surface area contributed by atoms with Crippen molar-refractivity contribution in [1.29, 1.82) is 0 Å². The molecule has 0 unspecified atom stereocenters. The van der Waals surface area contributed by atoms with Crippen LogP contribution in [0.25, 0.3) is 27.5 Å². The Balaban J connectivity index is 1.42. The van der Waals surface area contributed by atoms with Crippen LogP contribution in [0.3, 0.4) is 0 Å². The Bertz CT molecular complexity index is 1400. The molecule has 3 aromatic heterocycles. The summed E-state index contributed by atoms with van der Waals surface area (Å²) >= 11 is 2.94. The lowest BCUT2D eigenvalue weighted by Crippen LogP contribution is -1.97. The fourth-order valence-electron chi connectivity index (χ4n) is 3.16. The highest BCUT2D eigenvalue weighted by molar-refractivity contribution is 7.16. The molecule has 0 aliphatic heterocycles. The summed E-state index contributed by atoms with van der Waals surface area (Å²) in [6.45, 7) is 1.94. The van der Waals surface area contributed by atoms with Gasteiger partial charge < -0.3 is 4.74 Å². The number of hydrazone groups is 1. The van der Waals surface area contributed by atoms with Gasteiger partial charge in [0.05, 0.1) is 19.0 Å². The molecular weight excluding hydrogens is 447 g/mol. The Morgan fingerprint density at radius 3 is 2.56 bits per heavy atom. The van der Waals surface area contributed by atoms with Gasteiger partial charge in [0, 0.05) is 16.5 Å². The fourth-order valence-corrected chi connectivity index (χ4v) is 4.58. The van der Waals surface area contributed by atoms with Crippen molar-refractivity contribution in [3.8, 4) is 28.3 Å². The average molecular weight is 465 g/mol. The molecule has 0 radical (unpaired) electrons. The molecule has 0 amide bonds. The van der Waals surface area contributed by atoms with Crippen LogP contribution in [0, 0.1) is 12.7 Å². The van der Waals surface area contributed by atoms with E-state index < -0.39 is 0 Å². The summed E-state index contributed by atoms with van der Waals surface area (Å²) in [6, 6.07) is 13.9. The summed E-state index contributed by atoms with van der Waals surface area (Å²) in [5, 5.41) is 12.4. The SMILES string of the molecule is COc1ccc(-c2nc3sc(C)nn3c2/C=N/Nc2nc(-c3ccc(F)cc3)cs2)cc1. The number of aromatic nitrogens is 4. The van der Waals surface area contributed by atoms with Gasteiger partial charge in [-0.25, -0.2) is 18.9 Å². The van der Waals surface area contributed by atoms with Crippen LogP contribution in [0.1, 0.15) is 10.7 Å². The van der Waals surface area contributed by atoms with Gasteiger partial charge in [0.2, 0.25) is 10.1 Å². The lowest BCUT2D eigenvalue weighted by Gasteiger charge is -2.02. The van der Waals surface area contributed by atoms with Gasteiger partial charge in [-0.05, 0) is 55.5 Å². The predicted octanol–water partition coefficient (Wildman–Crippen LogP) is 5.48. The first kappa shape index (κ1) is 20.3. The van der Waals surface area contributed by atoms with Gasteiger partial charge in [-0.2, -0.15) is 10.2 Å². The Morgan fingerprint density at radius 2 is 1.81 bits per heavy atom. The second kappa shape index (κ2) is 8.48. The highest BCUT2D eigenvalue weighted by Gasteiger charge is 2.16. The number of hydrogen-bond acceptors (Lipinski definition) is 8. The Morgan fingerprint density at radius 1 is 1.06 bits per heavy atom. The van der Waals surface area contributed by atoms with Crippen molar-refractivity contribution >= 4 is 39.0 Å². The van der Waals surface area contributed by atoms with Crippen LogP contribution in [0.5, 0.6) is 5.75 Å². The van der Waals surface area contributed by atoms with E-state index in [1.165, 1.54) is 34.8 Å². The molecule has 0 aliphatic rings. The summed E-state index contributed by atoms with van der Waals surface area (Å²) in [4.78, 5) is 10.1. The van der Waals surface area contributed by atoms with Crippen LogP contribution in [-0.4, -0.2) is 32.9 Å². The van der Waals surface area contributed by atoms with E-state index >= 15 is 0 Å². The third-order valence-corrected chi connectivity index (χ3v) is 6.26. The fraction of sp³-hybridized carbons (Fsp3) is 0.0909. The van der Waals surface area contributed by atoms with Crippen LogP contribution < -0.4 is 10.2 Å². The molecule has 3 heterocycles. The predicted molar refractivity (Wildman–Crippen MR) is 126 cm³/mol. The molecule has 2 aromatic carbocycles. The van der Waals surface area contributed by atoms with E-state index in [0.29, 0.717) is 5.13 Å². The summed E-state index contributed by atoms with van der Waals surface area (Å²) in [5.74, 6) is 0.505. The number of ether oxygens (including phenoxy) is 1. The number of thiazole rings is 1. The van der Waals surface area contributed by atoms with Crippen molar-refractivity contribution in [2.45, 2.75) is 6.92 Å². The number of aryl methyl sites for hydroxylation is 1. The lowest BCUT2D eigenvalue weighted by atomic mass is 10.1. The summed E-state index contributed by atoms with van der Waals surface area (Å²) in [5.41, 5.74) is 7.05. The molecule has 5 rings (SSSR count). The molecule has 0 aliphatic carbocycles. The van der Waals surface area contributed by atoms with Crippen LogP contribution in [-0.2, 0) is 0 Å². The van der Waals surface area contributed by atoms with Crippen molar-refractivity contribution in [2.75, 3.05) is 12.5 Å². The number of fused-ring (bicyclic) bond motifs is 1. The molecule has 160 valence electrons. The summed E-state index contributed by atoms with van der Waals surface area (Å²) < 4.78 is 20.2. The number of anilines is 1. The van der Waals surface area contributed by atoms with Crippen molar-refractivity contribution in [1.82, 2.24) is 19.6 Å². The number of halogens is 1. The molecule has 0 fully saturated rings. The van der Waals surface area contributed by atoms with E-state index in [4.69, 9.17) is 9.72 Å². The van der Waals surface area contributed by atoms with E-state index in [1.807, 2.05) is 36.6 Å². The molecule has 5 aromatic rings. The first-order valence-electron chi connectivity index (χ1n) is 9.62. The Kier molecular flexibility index (Phi) is 5.38. The molecular formula is C22H17FN6OS2. The van der Waals surface area contributed by atoms with E-state index in [9.17, 15) is 4.39 Å². The molecule has 0 spiro atoms. The highest BCUT2D eigenvalue weighted by Crippen LogP contribution is 2.28. The first-order chi connectivity index (χ1) is 15.6. The van der Waals surface area contributed by atoms with E-state index in [0.717, 1.165) is 43.9 Å². The summed E-state index contributed by atoms with van der Waals surface area (Å²) in [6.07, 6.45) is 1.69. The van der Waals surface area contributed by atoms with Gasteiger partial charge in [0.25, 0.3) is 0 Å². The minimum Gasteiger partial charge on any atom is -0.497 e. The number of imidazole rings is 1. The zero-order chi connectivity index (χ0) is 22.1. The number of rotatable bonds is 6. The second-order valence-electron chi connectivity index (χ2n) is 6.80. The van der Waals surface area contributed by atoms with Gasteiger partial charge in [-0.15, -0.1) is 11.3 Å². The molecule has 0 saturated heterocycles. The third kappa shape index (κ3) is 3.97. The highest BCUT2D eigenvalue weighted by atomic mass is 32.1. The lowest BCUT2D eigenvalue weighted by molar-refractivity contribution is 0.415. The van der Waals surface area contributed by atoms with E-state index in [-0.39, 0.29) is 5.82 Å². The second-order valence-corrected chi connectivity index (χ2v) is 8.82. The third-order valence-electron chi connectivity index (χ3n) is 4.69. The Hall–Kier alpha value is -3.63. The van der Waals surface area contributed by atoms with E-state index in [2.05, 4.69) is 20.6 Å². The molecule has 10 heteroatoms. The van der Waals surface area contributed by atoms with Crippen LogP contribution in [0.15, 0.2) is 59.0 Å². The number of benzene rings is 2. The monoisotopic (exact) mass is 464 g/mol. The average Bonchev–Trinajstić information content (AvgIpc) is 3.50. The molecule has 32 heavy (non-hydrogen) atoms. The minimum atomic E-state index is -0.274. The molecule has 0 atom stereocenters. The smallest absolute Gasteiger partial charge is 0.213 e. The van der Waals surface area contributed by atoms with Gasteiger partial charge in [-0.3, -0.25) is 5.43 Å². The molecule has 0 bridgehead atoms. The topological polar surface area (TPSA) is 76.7 Å². The molecule has 0 saturated carbocycles. The maximum Gasteiger partial charge on any atom is 0.213 e. The van der Waals surface area contributed by atoms with Gasteiger partial charge in [-0.1, -0.05) is 11.3 Å². The normalized spacial score (nSPS) is 11.5. The number of nitrogens with one attached hydrogen (secondary N) is 1. The largest absolute Gasteiger partial charge is 0.497 e. The van der Waals surface area contributed by atoms with E-state index in [1.54, 1.807) is 30.0 Å². The number of hydrogen-bond donors (Lipinski definition) is 1. The quantitative estimate of drug-likeness (QED) is 0.266. The Labute approximate surface area is 190 Å². The zero-order valence-corrected chi connectivity index (χ0v) is 18.7. The van der Waals surface area contributed by atoms with Crippen molar-refractivity contribution in [2.24, 2.45) is 5.10 Å². The number of methoxy groups -OCH3 is 1. The number of nitrogens with zero attached hydrogens (tertiary/aromatic N) is 5.